The molecule has 0 heterocycles. The smallest absolute Gasteiger partial charge is 0.175 e. The minimum Gasteiger partial charge on any atom is -0.395 e. The second kappa shape index (κ2) is 8.56. The van der Waals surface area contributed by atoms with E-state index in [2.05, 4.69) is 10.6 Å². The van der Waals surface area contributed by atoms with Crippen molar-refractivity contribution in [1.29, 1.82) is 0 Å². The number of hydrogen-bond donors (Lipinski definition) is 3. The lowest BCUT2D eigenvalue weighted by molar-refractivity contribution is 0.302. The van der Waals surface area contributed by atoms with Gasteiger partial charge in [-0.1, -0.05) is 0 Å². The van der Waals surface area contributed by atoms with Crippen molar-refractivity contribution in [2.75, 3.05) is 35.2 Å². The molecule has 0 unspecified atom stereocenters. The van der Waals surface area contributed by atoms with E-state index in [4.69, 9.17) is 17.3 Å². The zero-order valence-electron chi connectivity index (χ0n) is 13.2. The minimum atomic E-state index is -0.711. The van der Waals surface area contributed by atoms with Gasteiger partial charge in [-0.2, -0.15) is 0 Å². The maximum atomic E-state index is 13.6. The third-order valence-corrected chi connectivity index (χ3v) is 3.63. The SMILES string of the molecule is CCN(CCO)c1ccc(NC(=S)Nc2ccc(F)cc2F)cc1. The molecule has 2 rings (SSSR count). The number of halogens is 2. The second-order valence-electron chi connectivity index (χ2n) is 5.05. The first-order valence-electron chi connectivity index (χ1n) is 7.52. The van der Waals surface area contributed by atoms with Crippen LogP contribution in [-0.4, -0.2) is 29.9 Å². The molecule has 0 aliphatic heterocycles. The van der Waals surface area contributed by atoms with Crippen molar-refractivity contribution >= 4 is 34.4 Å². The number of nitrogens with one attached hydrogen (secondary N) is 2. The molecule has 0 fully saturated rings. The molecule has 0 saturated heterocycles. The van der Waals surface area contributed by atoms with Gasteiger partial charge in [0.25, 0.3) is 0 Å². The summed E-state index contributed by atoms with van der Waals surface area (Å²) in [5, 5.41) is 14.9. The van der Waals surface area contributed by atoms with Gasteiger partial charge in [0.05, 0.1) is 12.3 Å². The van der Waals surface area contributed by atoms with Crippen LogP contribution in [0.3, 0.4) is 0 Å². The Hall–Kier alpha value is -2.25. The number of nitrogens with zero attached hydrogens (tertiary/aromatic N) is 1. The van der Waals surface area contributed by atoms with E-state index in [-0.39, 0.29) is 17.4 Å². The lowest BCUT2D eigenvalue weighted by atomic mass is 10.2. The van der Waals surface area contributed by atoms with Crippen LogP contribution in [0.1, 0.15) is 6.92 Å². The molecule has 0 radical (unpaired) electrons. The van der Waals surface area contributed by atoms with Gasteiger partial charge in [-0.15, -0.1) is 0 Å². The van der Waals surface area contributed by atoms with E-state index in [0.717, 1.165) is 30.1 Å². The molecule has 0 atom stereocenters. The molecule has 24 heavy (non-hydrogen) atoms. The summed E-state index contributed by atoms with van der Waals surface area (Å²) in [7, 11) is 0. The number of anilines is 3. The fourth-order valence-corrected chi connectivity index (χ4v) is 2.45. The Bertz CT molecular complexity index is 695. The van der Waals surface area contributed by atoms with Crippen LogP contribution in [0.25, 0.3) is 0 Å². The van der Waals surface area contributed by atoms with Crippen LogP contribution >= 0.6 is 12.2 Å². The Morgan fingerprint density at radius 1 is 1.12 bits per heavy atom. The molecule has 128 valence electrons. The highest BCUT2D eigenvalue weighted by Gasteiger charge is 2.07. The molecule has 7 heteroatoms. The molecule has 4 nitrogen and oxygen atoms in total. The fourth-order valence-electron chi connectivity index (χ4n) is 2.22. The maximum absolute atomic E-state index is 13.6. The first-order chi connectivity index (χ1) is 11.5. The van der Waals surface area contributed by atoms with Gasteiger partial charge in [0.15, 0.2) is 5.11 Å². The van der Waals surface area contributed by atoms with Crippen molar-refractivity contribution < 1.29 is 13.9 Å². The van der Waals surface area contributed by atoms with E-state index in [1.165, 1.54) is 6.07 Å². The van der Waals surface area contributed by atoms with E-state index in [1.54, 1.807) is 0 Å². The van der Waals surface area contributed by atoms with Crippen LogP contribution in [0.2, 0.25) is 0 Å². The number of likely N-dealkylation sites (N-methyl/N-ethyl adjacent to an activating group) is 1. The fraction of sp³-hybridized carbons (Fsp3) is 0.235. The number of hydrogen-bond acceptors (Lipinski definition) is 3. The summed E-state index contributed by atoms with van der Waals surface area (Å²) in [5.41, 5.74) is 1.82. The Morgan fingerprint density at radius 3 is 2.42 bits per heavy atom. The van der Waals surface area contributed by atoms with Crippen molar-refractivity contribution in [3.63, 3.8) is 0 Å². The molecule has 0 saturated carbocycles. The summed E-state index contributed by atoms with van der Waals surface area (Å²) in [4.78, 5) is 2.04. The van der Waals surface area contributed by atoms with Crippen molar-refractivity contribution in [2.24, 2.45) is 0 Å². The molecular formula is C17H19F2N3OS. The highest BCUT2D eigenvalue weighted by Crippen LogP contribution is 2.19. The third kappa shape index (κ3) is 4.87. The minimum absolute atomic E-state index is 0.0884. The normalized spacial score (nSPS) is 10.3. The maximum Gasteiger partial charge on any atom is 0.175 e. The van der Waals surface area contributed by atoms with Crippen molar-refractivity contribution in [2.45, 2.75) is 6.92 Å². The van der Waals surface area contributed by atoms with Crippen LogP contribution in [0, 0.1) is 11.6 Å². The average Bonchev–Trinajstić information content (AvgIpc) is 2.56. The summed E-state index contributed by atoms with van der Waals surface area (Å²) >= 11 is 5.13. The van der Waals surface area contributed by atoms with Gasteiger partial charge in [-0.25, -0.2) is 8.78 Å². The summed E-state index contributed by atoms with van der Waals surface area (Å²) in [6, 6.07) is 10.7. The first-order valence-corrected chi connectivity index (χ1v) is 7.93. The van der Waals surface area contributed by atoms with Gasteiger partial charge in [0.1, 0.15) is 11.6 Å². The zero-order valence-corrected chi connectivity index (χ0v) is 14.0. The standard InChI is InChI=1S/C17H19F2N3OS/c1-2-22(9-10-23)14-6-4-13(5-7-14)20-17(24)21-16-8-3-12(18)11-15(16)19/h3-8,11,23H,2,9-10H2,1H3,(H2,20,21,24). The van der Waals surface area contributed by atoms with Gasteiger partial charge in [-0.05, 0) is 55.5 Å². The van der Waals surface area contributed by atoms with Crippen LogP contribution in [0.15, 0.2) is 42.5 Å². The van der Waals surface area contributed by atoms with Gasteiger partial charge < -0.3 is 20.6 Å². The van der Waals surface area contributed by atoms with E-state index in [1.807, 2.05) is 36.1 Å². The van der Waals surface area contributed by atoms with E-state index < -0.39 is 11.6 Å². The van der Waals surface area contributed by atoms with Crippen LogP contribution in [0.5, 0.6) is 0 Å². The number of benzene rings is 2. The lowest BCUT2D eigenvalue weighted by Gasteiger charge is -2.22. The van der Waals surface area contributed by atoms with Gasteiger partial charge in [-0.3, -0.25) is 0 Å². The number of aliphatic hydroxyl groups is 1. The summed E-state index contributed by atoms with van der Waals surface area (Å²) in [6.45, 7) is 3.45. The largest absolute Gasteiger partial charge is 0.395 e. The molecule has 0 spiro atoms. The highest BCUT2D eigenvalue weighted by atomic mass is 32.1. The molecule has 0 bridgehead atoms. The molecular weight excluding hydrogens is 332 g/mol. The van der Waals surface area contributed by atoms with Crippen LogP contribution in [-0.2, 0) is 0 Å². The molecule has 3 N–H and O–H groups in total. The summed E-state index contributed by atoms with van der Waals surface area (Å²) in [6.07, 6.45) is 0. The van der Waals surface area contributed by atoms with Crippen molar-refractivity contribution in [3.8, 4) is 0 Å². The van der Waals surface area contributed by atoms with Gasteiger partial charge in [0, 0.05) is 30.5 Å². The summed E-state index contributed by atoms with van der Waals surface area (Å²) in [5.74, 6) is -1.35. The number of aliphatic hydroxyl groups excluding tert-OH is 1. The Labute approximate surface area is 145 Å². The Morgan fingerprint density at radius 2 is 1.83 bits per heavy atom. The first kappa shape index (κ1) is 18.1. The van der Waals surface area contributed by atoms with Crippen molar-refractivity contribution in [3.05, 3.63) is 54.1 Å². The molecule has 0 amide bonds. The van der Waals surface area contributed by atoms with E-state index in [9.17, 15) is 8.78 Å². The summed E-state index contributed by atoms with van der Waals surface area (Å²) < 4.78 is 26.5. The molecule has 0 aliphatic rings. The van der Waals surface area contributed by atoms with Crippen LogP contribution < -0.4 is 15.5 Å². The Kier molecular flexibility index (Phi) is 6.45. The molecule has 0 aromatic heterocycles. The highest BCUT2D eigenvalue weighted by molar-refractivity contribution is 7.80. The quantitative estimate of drug-likeness (QED) is 0.695. The lowest BCUT2D eigenvalue weighted by Crippen LogP contribution is -2.26. The Balaban J connectivity index is 1.99. The van der Waals surface area contributed by atoms with Gasteiger partial charge in [0.2, 0.25) is 0 Å². The number of thiocarbonyl (C=S) groups is 1. The molecule has 2 aromatic carbocycles. The average molecular weight is 351 g/mol. The second-order valence-corrected chi connectivity index (χ2v) is 5.46. The predicted octanol–water partition coefficient (Wildman–Crippen LogP) is 3.59. The van der Waals surface area contributed by atoms with Gasteiger partial charge >= 0.3 is 0 Å². The third-order valence-electron chi connectivity index (χ3n) is 3.42. The molecule has 2 aromatic rings. The van der Waals surface area contributed by atoms with E-state index in [0.29, 0.717) is 6.54 Å². The monoisotopic (exact) mass is 351 g/mol. The number of rotatable bonds is 6. The topological polar surface area (TPSA) is 47.5 Å². The zero-order chi connectivity index (χ0) is 17.5. The van der Waals surface area contributed by atoms with E-state index >= 15 is 0 Å². The van der Waals surface area contributed by atoms with Crippen molar-refractivity contribution in [1.82, 2.24) is 0 Å². The van der Waals surface area contributed by atoms with Crippen LogP contribution in [0.4, 0.5) is 25.8 Å². The predicted molar refractivity (Wildman–Crippen MR) is 97.6 cm³/mol. The molecule has 0 aliphatic carbocycles.